The van der Waals surface area contributed by atoms with Crippen LogP contribution in [-0.4, -0.2) is 0 Å². The van der Waals surface area contributed by atoms with Crippen LogP contribution < -0.4 is 0 Å². The highest BCUT2D eigenvalue weighted by Crippen LogP contribution is 2.55. The highest BCUT2D eigenvalue weighted by atomic mass is 14.5. The van der Waals surface area contributed by atoms with Gasteiger partial charge in [-0.3, -0.25) is 0 Å². The third-order valence-corrected chi connectivity index (χ3v) is 6.07. The van der Waals surface area contributed by atoms with Crippen molar-refractivity contribution in [3.8, 4) is 0 Å². The first-order chi connectivity index (χ1) is 14.0. The van der Waals surface area contributed by atoms with Crippen LogP contribution in [0.4, 0.5) is 0 Å². The Labute approximate surface area is 174 Å². The van der Waals surface area contributed by atoms with Crippen molar-refractivity contribution >= 4 is 5.57 Å². The number of aryl methyl sites for hydroxylation is 3. The van der Waals surface area contributed by atoms with Crippen molar-refractivity contribution < 1.29 is 0 Å². The van der Waals surface area contributed by atoms with Gasteiger partial charge in [0.05, 0.1) is 5.41 Å². The molecule has 0 atom stereocenters. The first-order valence-electron chi connectivity index (χ1n) is 10.3. The number of rotatable bonds is 4. The molecule has 1 aliphatic rings. The van der Waals surface area contributed by atoms with Crippen molar-refractivity contribution in [2.75, 3.05) is 0 Å². The zero-order valence-corrected chi connectivity index (χ0v) is 17.8. The standard InChI is InChI=1S/C29H28/c1-6-8-25-26-18-13-22(5)19-28(26)29(27(25)7-2,23-14-9-20(3)10-15-23)24-16-11-21(4)12-17-24/h6-19H,2H2,1,3-5H3. The van der Waals surface area contributed by atoms with Crippen LogP contribution in [0.5, 0.6) is 0 Å². The van der Waals surface area contributed by atoms with Crippen molar-refractivity contribution in [3.05, 3.63) is 136 Å². The van der Waals surface area contributed by atoms with Gasteiger partial charge in [-0.1, -0.05) is 108 Å². The summed E-state index contributed by atoms with van der Waals surface area (Å²) in [5.41, 5.74) is 11.2. The van der Waals surface area contributed by atoms with Gasteiger partial charge in [0.25, 0.3) is 0 Å². The minimum Gasteiger partial charge on any atom is -0.0987 e. The molecule has 0 N–H and O–H groups in total. The minimum absolute atomic E-state index is 0.362. The normalized spacial score (nSPS) is 15.0. The lowest BCUT2D eigenvalue weighted by Gasteiger charge is -2.35. The van der Waals surface area contributed by atoms with E-state index in [-0.39, 0.29) is 5.41 Å². The van der Waals surface area contributed by atoms with E-state index in [0.717, 1.165) is 0 Å². The summed E-state index contributed by atoms with van der Waals surface area (Å²) in [6.45, 7) is 12.8. The fourth-order valence-corrected chi connectivity index (χ4v) is 4.70. The van der Waals surface area contributed by atoms with Crippen molar-refractivity contribution in [1.29, 1.82) is 0 Å². The summed E-state index contributed by atoms with van der Waals surface area (Å²) in [6.07, 6.45) is 6.42. The Hall–Kier alpha value is -3.12. The molecule has 0 spiro atoms. The maximum Gasteiger partial charge on any atom is 0.0713 e. The van der Waals surface area contributed by atoms with E-state index in [0.29, 0.717) is 0 Å². The van der Waals surface area contributed by atoms with E-state index in [4.69, 9.17) is 0 Å². The molecule has 0 fully saturated rings. The van der Waals surface area contributed by atoms with Crippen LogP contribution >= 0.6 is 0 Å². The lowest BCUT2D eigenvalue weighted by molar-refractivity contribution is 0.760. The quantitative estimate of drug-likeness (QED) is 0.443. The van der Waals surface area contributed by atoms with Gasteiger partial charge in [-0.25, -0.2) is 0 Å². The monoisotopic (exact) mass is 376 g/mol. The molecule has 0 heterocycles. The van der Waals surface area contributed by atoms with Gasteiger partial charge in [-0.05, 0) is 61.1 Å². The molecule has 144 valence electrons. The maximum atomic E-state index is 4.27. The Kier molecular flexibility index (Phi) is 4.88. The van der Waals surface area contributed by atoms with Crippen molar-refractivity contribution in [1.82, 2.24) is 0 Å². The molecule has 0 nitrogen and oxygen atoms in total. The highest BCUT2D eigenvalue weighted by Gasteiger charge is 2.46. The van der Waals surface area contributed by atoms with Gasteiger partial charge in [-0.2, -0.15) is 0 Å². The van der Waals surface area contributed by atoms with Gasteiger partial charge < -0.3 is 0 Å². The lowest BCUT2D eigenvalue weighted by atomic mass is 9.66. The number of allylic oxidation sites excluding steroid dienone is 5. The summed E-state index contributed by atoms with van der Waals surface area (Å²) in [7, 11) is 0. The molecule has 1 aliphatic carbocycles. The van der Waals surface area contributed by atoms with E-state index in [9.17, 15) is 0 Å². The highest BCUT2D eigenvalue weighted by molar-refractivity contribution is 5.91. The second-order valence-electron chi connectivity index (χ2n) is 8.06. The molecule has 0 heteroatoms. The smallest absolute Gasteiger partial charge is 0.0713 e. The van der Waals surface area contributed by atoms with Crippen LogP contribution in [0.25, 0.3) is 5.57 Å². The predicted octanol–water partition coefficient (Wildman–Crippen LogP) is 7.48. The molecule has 3 aromatic carbocycles. The molecule has 29 heavy (non-hydrogen) atoms. The van der Waals surface area contributed by atoms with Crippen LogP contribution in [0.2, 0.25) is 0 Å². The van der Waals surface area contributed by atoms with E-state index >= 15 is 0 Å². The topological polar surface area (TPSA) is 0 Å². The lowest BCUT2D eigenvalue weighted by Crippen LogP contribution is -2.29. The molecule has 0 unspecified atom stereocenters. The summed E-state index contributed by atoms with van der Waals surface area (Å²) < 4.78 is 0. The van der Waals surface area contributed by atoms with E-state index in [1.165, 1.54) is 50.1 Å². The second kappa shape index (κ2) is 7.37. The first-order valence-corrected chi connectivity index (χ1v) is 10.3. The Bertz CT molecular complexity index is 1070. The summed E-state index contributed by atoms with van der Waals surface area (Å²) in [6, 6.07) is 24.8. The number of hydrogen-bond donors (Lipinski definition) is 0. The molecule has 0 radical (unpaired) electrons. The molecule has 0 amide bonds. The minimum atomic E-state index is -0.362. The third kappa shape index (κ3) is 2.91. The molecule has 0 saturated heterocycles. The zero-order chi connectivity index (χ0) is 20.6. The Morgan fingerprint density at radius 3 is 1.72 bits per heavy atom. The largest absolute Gasteiger partial charge is 0.0987 e. The van der Waals surface area contributed by atoms with Crippen LogP contribution in [0, 0.1) is 20.8 Å². The predicted molar refractivity (Wildman–Crippen MR) is 125 cm³/mol. The summed E-state index contributed by atoms with van der Waals surface area (Å²) in [4.78, 5) is 0. The van der Waals surface area contributed by atoms with E-state index in [1.807, 2.05) is 0 Å². The first kappa shape index (κ1) is 19.2. The molecular weight excluding hydrogens is 348 g/mol. The van der Waals surface area contributed by atoms with Crippen molar-refractivity contribution in [3.63, 3.8) is 0 Å². The summed E-state index contributed by atoms with van der Waals surface area (Å²) in [5.74, 6) is 0. The zero-order valence-electron chi connectivity index (χ0n) is 17.8. The summed E-state index contributed by atoms with van der Waals surface area (Å²) >= 11 is 0. The SMILES string of the molecule is C=CC1=C(C=CC)c2ccc(C)cc2C1(c1ccc(C)cc1)c1ccc(C)cc1. The fourth-order valence-electron chi connectivity index (χ4n) is 4.70. The fraction of sp³-hybridized carbons (Fsp3) is 0.172. The Morgan fingerprint density at radius 2 is 1.24 bits per heavy atom. The van der Waals surface area contributed by atoms with Crippen LogP contribution in [0.15, 0.2) is 97.1 Å². The van der Waals surface area contributed by atoms with Gasteiger partial charge >= 0.3 is 0 Å². The van der Waals surface area contributed by atoms with E-state index in [2.05, 4.69) is 119 Å². The summed E-state index contributed by atoms with van der Waals surface area (Å²) in [5, 5.41) is 0. The number of hydrogen-bond acceptors (Lipinski definition) is 0. The Balaban J connectivity index is 2.19. The molecule has 4 rings (SSSR count). The van der Waals surface area contributed by atoms with Gasteiger partial charge in [-0.15, -0.1) is 0 Å². The van der Waals surface area contributed by atoms with Gasteiger partial charge in [0.1, 0.15) is 0 Å². The molecule has 3 aromatic rings. The van der Waals surface area contributed by atoms with Crippen LogP contribution in [0.3, 0.4) is 0 Å². The Morgan fingerprint density at radius 1 is 0.724 bits per heavy atom. The van der Waals surface area contributed by atoms with Crippen molar-refractivity contribution in [2.45, 2.75) is 33.1 Å². The van der Waals surface area contributed by atoms with Crippen molar-refractivity contribution in [2.24, 2.45) is 0 Å². The molecule has 0 saturated carbocycles. The van der Waals surface area contributed by atoms with E-state index in [1.54, 1.807) is 0 Å². The molecule has 0 aliphatic heterocycles. The average Bonchev–Trinajstić information content (AvgIpc) is 2.99. The van der Waals surface area contributed by atoms with Gasteiger partial charge in [0, 0.05) is 0 Å². The molecular formula is C29H28. The third-order valence-electron chi connectivity index (χ3n) is 6.07. The molecule has 0 bridgehead atoms. The van der Waals surface area contributed by atoms with Crippen LogP contribution in [0.1, 0.15) is 45.9 Å². The maximum absolute atomic E-state index is 4.27. The van der Waals surface area contributed by atoms with E-state index < -0.39 is 0 Å². The second-order valence-corrected chi connectivity index (χ2v) is 8.06. The number of fused-ring (bicyclic) bond motifs is 1. The molecule has 0 aromatic heterocycles. The van der Waals surface area contributed by atoms with Gasteiger partial charge in [0.2, 0.25) is 0 Å². The van der Waals surface area contributed by atoms with Gasteiger partial charge in [0.15, 0.2) is 0 Å². The average molecular weight is 377 g/mol. The van der Waals surface area contributed by atoms with Crippen LogP contribution in [-0.2, 0) is 5.41 Å². The number of benzene rings is 3.